The summed E-state index contributed by atoms with van der Waals surface area (Å²) < 4.78 is 10.4. The highest BCUT2D eigenvalue weighted by molar-refractivity contribution is 4.78. The van der Waals surface area contributed by atoms with Gasteiger partial charge in [0.15, 0.2) is 0 Å². The fourth-order valence-corrected chi connectivity index (χ4v) is 3.08. The van der Waals surface area contributed by atoms with Crippen molar-refractivity contribution in [1.82, 2.24) is 5.32 Å². The Morgan fingerprint density at radius 1 is 1.16 bits per heavy atom. The van der Waals surface area contributed by atoms with E-state index in [4.69, 9.17) is 9.47 Å². The number of ether oxygens (including phenoxy) is 2. The highest BCUT2D eigenvalue weighted by atomic mass is 16.5. The van der Waals surface area contributed by atoms with E-state index in [1.54, 1.807) is 7.11 Å². The Bertz CT molecular complexity index is 209. The van der Waals surface area contributed by atoms with Crippen LogP contribution >= 0.6 is 0 Å². The molecule has 2 unspecified atom stereocenters. The standard InChI is InChI=1S/C16H33NO2/c1-14(2)12-15-6-4-7-16(13-15)17-8-5-9-19-11-10-18-3/h14-17H,4-13H2,1-3H3. The highest BCUT2D eigenvalue weighted by Crippen LogP contribution is 2.29. The van der Waals surface area contributed by atoms with Crippen LogP contribution in [0.2, 0.25) is 0 Å². The number of nitrogens with one attached hydrogen (secondary N) is 1. The predicted molar refractivity (Wildman–Crippen MR) is 80.5 cm³/mol. The van der Waals surface area contributed by atoms with E-state index in [-0.39, 0.29) is 0 Å². The summed E-state index contributed by atoms with van der Waals surface area (Å²) in [7, 11) is 1.71. The molecule has 0 aromatic carbocycles. The van der Waals surface area contributed by atoms with E-state index < -0.39 is 0 Å². The third kappa shape index (κ3) is 8.61. The zero-order valence-corrected chi connectivity index (χ0v) is 13.1. The molecule has 1 fully saturated rings. The second kappa shape index (κ2) is 10.6. The van der Waals surface area contributed by atoms with E-state index in [1.165, 1.54) is 32.1 Å². The summed E-state index contributed by atoms with van der Waals surface area (Å²) in [5, 5.41) is 3.70. The van der Waals surface area contributed by atoms with E-state index in [0.717, 1.165) is 44.1 Å². The molecule has 0 heterocycles. The first-order chi connectivity index (χ1) is 9.22. The van der Waals surface area contributed by atoms with E-state index in [0.29, 0.717) is 6.61 Å². The van der Waals surface area contributed by atoms with E-state index >= 15 is 0 Å². The minimum atomic E-state index is 0.701. The second-order valence-corrected chi connectivity index (χ2v) is 6.27. The Balaban J connectivity index is 1.99. The van der Waals surface area contributed by atoms with Crippen LogP contribution in [-0.4, -0.2) is 39.5 Å². The maximum Gasteiger partial charge on any atom is 0.0700 e. The van der Waals surface area contributed by atoms with Crippen molar-refractivity contribution in [3.8, 4) is 0 Å². The summed E-state index contributed by atoms with van der Waals surface area (Å²) in [6.07, 6.45) is 8.09. The molecule has 2 atom stereocenters. The van der Waals surface area contributed by atoms with Gasteiger partial charge >= 0.3 is 0 Å². The van der Waals surface area contributed by atoms with Gasteiger partial charge in [0.2, 0.25) is 0 Å². The second-order valence-electron chi connectivity index (χ2n) is 6.27. The van der Waals surface area contributed by atoms with Gasteiger partial charge in [-0.15, -0.1) is 0 Å². The van der Waals surface area contributed by atoms with Gasteiger partial charge in [-0.05, 0) is 44.1 Å². The lowest BCUT2D eigenvalue weighted by molar-refractivity contribution is 0.0689. The maximum atomic E-state index is 5.47. The lowest BCUT2D eigenvalue weighted by atomic mass is 9.81. The van der Waals surface area contributed by atoms with Crippen LogP contribution in [0.4, 0.5) is 0 Å². The van der Waals surface area contributed by atoms with Gasteiger partial charge in [0.25, 0.3) is 0 Å². The molecule has 1 aliphatic carbocycles. The molecule has 1 rings (SSSR count). The third-order valence-corrected chi connectivity index (χ3v) is 3.92. The van der Waals surface area contributed by atoms with Crippen LogP contribution in [-0.2, 0) is 9.47 Å². The maximum absolute atomic E-state index is 5.47. The van der Waals surface area contributed by atoms with Crippen LogP contribution in [0.3, 0.4) is 0 Å². The molecule has 0 amide bonds. The van der Waals surface area contributed by atoms with Gasteiger partial charge in [-0.3, -0.25) is 0 Å². The quantitative estimate of drug-likeness (QED) is 0.619. The Kier molecular flexibility index (Phi) is 9.48. The molecule has 1 saturated carbocycles. The van der Waals surface area contributed by atoms with Gasteiger partial charge < -0.3 is 14.8 Å². The van der Waals surface area contributed by atoms with Crippen molar-refractivity contribution in [3.05, 3.63) is 0 Å². The van der Waals surface area contributed by atoms with Crippen molar-refractivity contribution < 1.29 is 9.47 Å². The average molecular weight is 271 g/mol. The molecule has 0 aliphatic heterocycles. The van der Waals surface area contributed by atoms with Crippen molar-refractivity contribution in [2.45, 2.75) is 58.4 Å². The molecule has 0 saturated heterocycles. The zero-order chi connectivity index (χ0) is 13.9. The van der Waals surface area contributed by atoms with Crippen molar-refractivity contribution in [2.24, 2.45) is 11.8 Å². The van der Waals surface area contributed by atoms with Crippen molar-refractivity contribution in [1.29, 1.82) is 0 Å². The summed E-state index contributed by atoms with van der Waals surface area (Å²) in [6.45, 7) is 8.04. The molecule has 3 nitrogen and oxygen atoms in total. The van der Waals surface area contributed by atoms with Crippen LogP contribution in [0.5, 0.6) is 0 Å². The molecule has 0 aromatic rings. The molecular weight excluding hydrogens is 238 g/mol. The monoisotopic (exact) mass is 271 g/mol. The van der Waals surface area contributed by atoms with Crippen LogP contribution in [0.15, 0.2) is 0 Å². The van der Waals surface area contributed by atoms with Crippen LogP contribution in [0.1, 0.15) is 52.4 Å². The number of rotatable bonds is 10. The molecule has 0 bridgehead atoms. The first-order valence-electron chi connectivity index (χ1n) is 8.02. The molecule has 3 heteroatoms. The molecule has 1 N–H and O–H groups in total. The molecule has 19 heavy (non-hydrogen) atoms. The van der Waals surface area contributed by atoms with Gasteiger partial charge in [-0.1, -0.05) is 26.7 Å². The smallest absolute Gasteiger partial charge is 0.0700 e. The average Bonchev–Trinajstić information content (AvgIpc) is 2.37. The highest BCUT2D eigenvalue weighted by Gasteiger charge is 2.21. The van der Waals surface area contributed by atoms with Gasteiger partial charge in [0.1, 0.15) is 0 Å². The Labute approximate surface area is 119 Å². The Hall–Kier alpha value is -0.120. The third-order valence-electron chi connectivity index (χ3n) is 3.92. The number of hydrogen-bond donors (Lipinski definition) is 1. The summed E-state index contributed by atoms with van der Waals surface area (Å²) in [5.74, 6) is 1.79. The predicted octanol–water partition coefficient (Wildman–Crippen LogP) is 3.23. The van der Waals surface area contributed by atoms with Crippen molar-refractivity contribution in [3.63, 3.8) is 0 Å². The molecular formula is C16H33NO2. The summed E-state index contributed by atoms with van der Waals surface area (Å²) in [6, 6.07) is 0.747. The SMILES string of the molecule is COCCOCCCNC1CCCC(CC(C)C)C1. The van der Waals surface area contributed by atoms with Crippen molar-refractivity contribution in [2.75, 3.05) is 33.5 Å². The van der Waals surface area contributed by atoms with E-state index in [9.17, 15) is 0 Å². The summed E-state index contributed by atoms with van der Waals surface area (Å²) in [5.41, 5.74) is 0. The molecule has 0 radical (unpaired) electrons. The molecule has 1 aliphatic rings. The van der Waals surface area contributed by atoms with Crippen LogP contribution in [0.25, 0.3) is 0 Å². The van der Waals surface area contributed by atoms with Crippen LogP contribution in [0, 0.1) is 11.8 Å². The zero-order valence-electron chi connectivity index (χ0n) is 13.1. The van der Waals surface area contributed by atoms with Crippen LogP contribution < -0.4 is 5.32 Å². The minimum absolute atomic E-state index is 0.701. The lowest BCUT2D eigenvalue weighted by Crippen LogP contribution is -2.35. The summed E-state index contributed by atoms with van der Waals surface area (Å²) >= 11 is 0. The largest absolute Gasteiger partial charge is 0.382 e. The molecule has 0 spiro atoms. The van der Waals surface area contributed by atoms with Gasteiger partial charge in [0.05, 0.1) is 13.2 Å². The van der Waals surface area contributed by atoms with Crippen molar-refractivity contribution >= 4 is 0 Å². The van der Waals surface area contributed by atoms with Gasteiger partial charge in [-0.25, -0.2) is 0 Å². The van der Waals surface area contributed by atoms with Gasteiger partial charge in [0, 0.05) is 19.8 Å². The topological polar surface area (TPSA) is 30.5 Å². The van der Waals surface area contributed by atoms with E-state index in [2.05, 4.69) is 19.2 Å². The lowest BCUT2D eigenvalue weighted by Gasteiger charge is -2.31. The number of hydrogen-bond acceptors (Lipinski definition) is 3. The first kappa shape index (κ1) is 16.9. The molecule has 0 aromatic heterocycles. The first-order valence-corrected chi connectivity index (χ1v) is 8.02. The van der Waals surface area contributed by atoms with Gasteiger partial charge in [-0.2, -0.15) is 0 Å². The Morgan fingerprint density at radius 3 is 2.74 bits per heavy atom. The van der Waals surface area contributed by atoms with E-state index in [1.807, 2.05) is 0 Å². The summed E-state index contributed by atoms with van der Waals surface area (Å²) in [4.78, 5) is 0. The fraction of sp³-hybridized carbons (Fsp3) is 1.00. The fourth-order valence-electron chi connectivity index (χ4n) is 3.08. The minimum Gasteiger partial charge on any atom is -0.382 e. The number of methoxy groups -OCH3 is 1. The molecule has 114 valence electrons. The normalized spacial score (nSPS) is 24.0. The Morgan fingerprint density at radius 2 is 2.00 bits per heavy atom.